The number of nitrogens with zero attached hydrogens (tertiary/aromatic N) is 1. The quantitative estimate of drug-likeness (QED) is 0.897. The second-order valence-corrected chi connectivity index (χ2v) is 7.48. The van der Waals surface area contributed by atoms with Gasteiger partial charge in [-0.1, -0.05) is 11.6 Å². The topological polar surface area (TPSA) is 65.2 Å². The number of carbonyl (C=O) groups is 2. The zero-order chi connectivity index (χ0) is 18.3. The number of fused-ring (bicyclic) bond motifs is 1. The molecule has 0 aliphatic carbocycles. The number of nitrogens with one attached hydrogen (secondary N) is 2. The molecule has 0 spiro atoms. The lowest BCUT2D eigenvalue weighted by Gasteiger charge is -2.29. The predicted octanol–water partition coefficient (Wildman–Crippen LogP) is 3.22. The minimum atomic E-state index is 0.00176. The Kier molecular flexibility index (Phi) is 4.58. The largest absolute Gasteiger partial charge is 0.352 e. The lowest BCUT2D eigenvalue weighted by Crippen LogP contribution is -2.45. The molecule has 0 bridgehead atoms. The number of hydrogen-bond donors (Lipinski definition) is 2. The number of aromatic nitrogens is 1. The first-order valence-corrected chi connectivity index (χ1v) is 8.97. The number of rotatable bonds is 4. The monoisotopic (exact) mass is 341 g/mol. The van der Waals surface area contributed by atoms with Crippen molar-refractivity contribution in [2.45, 2.75) is 59.5 Å². The number of carbonyl (C=O) groups excluding carboxylic acids is 2. The van der Waals surface area contributed by atoms with Crippen LogP contribution in [0.25, 0.3) is 10.9 Å². The van der Waals surface area contributed by atoms with Crippen molar-refractivity contribution >= 4 is 22.7 Å². The van der Waals surface area contributed by atoms with Gasteiger partial charge in [-0.25, -0.2) is 0 Å². The van der Waals surface area contributed by atoms with E-state index < -0.39 is 0 Å². The fourth-order valence-electron chi connectivity index (χ4n) is 3.72. The van der Waals surface area contributed by atoms with Crippen LogP contribution in [0.2, 0.25) is 0 Å². The second kappa shape index (κ2) is 6.54. The molecule has 2 aromatic rings. The summed E-state index contributed by atoms with van der Waals surface area (Å²) in [5, 5.41) is 4.07. The van der Waals surface area contributed by atoms with Crippen LogP contribution in [-0.4, -0.2) is 40.3 Å². The van der Waals surface area contributed by atoms with E-state index in [1.165, 1.54) is 5.56 Å². The molecule has 5 heteroatoms. The molecule has 3 rings (SSSR count). The smallest absolute Gasteiger partial charge is 0.270 e. The lowest BCUT2D eigenvalue weighted by atomic mass is 10.1. The SMILES string of the molecule is Cc1cc(C)c2[nH]c(C(=O)N(C[C@@H]3CCC(=O)N3)C(C)C)c(C)c2c1. The molecule has 2 N–H and O–H groups in total. The Morgan fingerprint density at radius 1 is 1.28 bits per heavy atom. The van der Waals surface area contributed by atoms with Crippen LogP contribution in [0.3, 0.4) is 0 Å². The van der Waals surface area contributed by atoms with Gasteiger partial charge in [-0.3, -0.25) is 9.59 Å². The van der Waals surface area contributed by atoms with Gasteiger partial charge in [0.1, 0.15) is 5.69 Å². The van der Waals surface area contributed by atoms with Gasteiger partial charge in [0.2, 0.25) is 5.91 Å². The van der Waals surface area contributed by atoms with Crippen LogP contribution in [0, 0.1) is 20.8 Å². The Hall–Kier alpha value is -2.30. The van der Waals surface area contributed by atoms with Gasteiger partial charge in [0, 0.05) is 36.0 Å². The maximum Gasteiger partial charge on any atom is 0.270 e. The number of amides is 2. The first-order chi connectivity index (χ1) is 11.8. The summed E-state index contributed by atoms with van der Waals surface area (Å²) in [6.45, 7) is 10.7. The van der Waals surface area contributed by atoms with E-state index in [1.54, 1.807) is 0 Å². The third-order valence-electron chi connectivity index (χ3n) is 5.11. The highest BCUT2D eigenvalue weighted by atomic mass is 16.2. The summed E-state index contributed by atoms with van der Waals surface area (Å²) in [6, 6.07) is 4.37. The molecule has 2 heterocycles. The van der Waals surface area contributed by atoms with Gasteiger partial charge in [-0.05, 0) is 58.2 Å². The molecular formula is C20H27N3O2. The van der Waals surface area contributed by atoms with Gasteiger partial charge in [0.05, 0.1) is 0 Å². The zero-order valence-corrected chi connectivity index (χ0v) is 15.7. The summed E-state index contributed by atoms with van der Waals surface area (Å²) in [5.41, 5.74) is 5.02. The summed E-state index contributed by atoms with van der Waals surface area (Å²) < 4.78 is 0. The highest BCUT2D eigenvalue weighted by Crippen LogP contribution is 2.27. The molecule has 134 valence electrons. The van der Waals surface area contributed by atoms with Crippen LogP contribution in [0.1, 0.15) is 53.9 Å². The molecule has 1 saturated heterocycles. The van der Waals surface area contributed by atoms with E-state index in [2.05, 4.69) is 36.3 Å². The molecule has 0 unspecified atom stereocenters. The highest BCUT2D eigenvalue weighted by Gasteiger charge is 2.29. The van der Waals surface area contributed by atoms with Crippen molar-refractivity contribution in [1.82, 2.24) is 15.2 Å². The third kappa shape index (κ3) is 3.28. The maximum absolute atomic E-state index is 13.2. The molecule has 1 aromatic carbocycles. The number of H-pyrrole nitrogens is 1. The van der Waals surface area contributed by atoms with Crippen molar-refractivity contribution in [1.29, 1.82) is 0 Å². The fraction of sp³-hybridized carbons (Fsp3) is 0.500. The Morgan fingerprint density at radius 3 is 2.60 bits per heavy atom. The number of hydrogen-bond acceptors (Lipinski definition) is 2. The molecule has 0 saturated carbocycles. The molecule has 25 heavy (non-hydrogen) atoms. The van der Waals surface area contributed by atoms with E-state index in [9.17, 15) is 9.59 Å². The first kappa shape index (κ1) is 17.5. The third-order valence-corrected chi connectivity index (χ3v) is 5.11. The summed E-state index contributed by atoms with van der Waals surface area (Å²) in [5.74, 6) is 0.0796. The Bertz CT molecular complexity index is 835. The van der Waals surface area contributed by atoms with Crippen molar-refractivity contribution in [2.75, 3.05) is 6.54 Å². The van der Waals surface area contributed by atoms with Crippen molar-refractivity contribution in [3.63, 3.8) is 0 Å². The zero-order valence-electron chi connectivity index (χ0n) is 15.7. The normalized spacial score (nSPS) is 17.4. The van der Waals surface area contributed by atoms with Gasteiger partial charge in [0.15, 0.2) is 0 Å². The van der Waals surface area contributed by atoms with E-state index in [4.69, 9.17) is 0 Å². The van der Waals surface area contributed by atoms with Gasteiger partial charge < -0.3 is 15.2 Å². The van der Waals surface area contributed by atoms with E-state index in [0.717, 1.165) is 28.5 Å². The lowest BCUT2D eigenvalue weighted by molar-refractivity contribution is -0.119. The van der Waals surface area contributed by atoms with Gasteiger partial charge in [0.25, 0.3) is 5.91 Å². The molecule has 1 aliphatic rings. The van der Waals surface area contributed by atoms with Gasteiger partial charge >= 0.3 is 0 Å². The summed E-state index contributed by atoms with van der Waals surface area (Å²) in [4.78, 5) is 29.9. The minimum absolute atomic E-state index is 0.00176. The molecule has 5 nitrogen and oxygen atoms in total. The number of aryl methyl sites for hydroxylation is 3. The van der Waals surface area contributed by atoms with E-state index in [-0.39, 0.29) is 23.9 Å². The predicted molar refractivity (Wildman–Crippen MR) is 99.8 cm³/mol. The maximum atomic E-state index is 13.2. The average Bonchev–Trinajstić information content (AvgIpc) is 3.08. The van der Waals surface area contributed by atoms with Crippen molar-refractivity contribution in [3.8, 4) is 0 Å². The van der Waals surface area contributed by atoms with Crippen molar-refractivity contribution in [2.24, 2.45) is 0 Å². The Morgan fingerprint density at radius 2 is 2.00 bits per heavy atom. The summed E-state index contributed by atoms with van der Waals surface area (Å²) in [6.07, 6.45) is 1.34. The van der Waals surface area contributed by atoms with E-state index >= 15 is 0 Å². The van der Waals surface area contributed by atoms with Crippen LogP contribution in [0.4, 0.5) is 0 Å². The molecule has 2 amide bonds. The Labute approximate surface area is 148 Å². The molecule has 1 aromatic heterocycles. The van der Waals surface area contributed by atoms with Crippen LogP contribution in [0.5, 0.6) is 0 Å². The minimum Gasteiger partial charge on any atom is -0.352 e. The molecule has 1 fully saturated rings. The van der Waals surface area contributed by atoms with Crippen LogP contribution >= 0.6 is 0 Å². The van der Waals surface area contributed by atoms with E-state index in [0.29, 0.717) is 18.7 Å². The van der Waals surface area contributed by atoms with Crippen molar-refractivity contribution < 1.29 is 9.59 Å². The highest BCUT2D eigenvalue weighted by molar-refractivity contribution is 6.02. The van der Waals surface area contributed by atoms with Gasteiger partial charge in [-0.15, -0.1) is 0 Å². The average molecular weight is 341 g/mol. The Balaban J connectivity index is 1.94. The first-order valence-electron chi connectivity index (χ1n) is 8.97. The molecule has 1 aliphatic heterocycles. The van der Waals surface area contributed by atoms with E-state index in [1.807, 2.05) is 25.7 Å². The van der Waals surface area contributed by atoms with Crippen LogP contribution in [-0.2, 0) is 4.79 Å². The van der Waals surface area contributed by atoms with Crippen molar-refractivity contribution in [3.05, 3.63) is 34.5 Å². The second-order valence-electron chi connectivity index (χ2n) is 7.48. The summed E-state index contributed by atoms with van der Waals surface area (Å²) >= 11 is 0. The van der Waals surface area contributed by atoms with Crippen LogP contribution in [0.15, 0.2) is 12.1 Å². The number of benzene rings is 1. The standard InChI is InChI=1S/C20H27N3O2/c1-11(2)23(10-15-6-7-17(24)21-15)20(25)19-14(5)16-9-12(3)8-13(4)18(16)22-19/h8-9,11,15,22H,6-7,10H2,1-5H3,(H,21,24)/t15-/m0/s1. The molecule has 1 atom stereocenters. The summed E-state index contributed by atoms with van der Waals surface area (Å²) in [7, 11) is 0. The molecular weight excluding hydrogens is 314 g/mol. The van der Waals surface area contributed by atoms with Crippen LogP contribution < -0.4 is 5.32 Å². The molecule has 0 radical (unpaired) electrons. The number of aromatic amines is 1. The van der Waals surface area contributed by atoms with Gasteiger partial charge in [-0.2, -0.15) is 0 Å². The fourth-order valence-corrected chi connectivity index (χ4v) is 3.72.